The second-order valence-electron chi connectivity index (χ2n) is 6.53. The zero-order chi connectivity index (χ0) is 14.0. The highest BCUT2D eigenvalue weighted by Crippen LogP contribution is 2.16. The third-order valence-corrected chi connectivity index (χ3v) is 4.76. The van der Waals surface area contributed by atoms with Crippen molar-refractivity contribution in [1.82, 2.24) is 0 Å². The third-order valence-electron chi connectivity index (χ3n) is 2.16. The lowest BCUT2D eigenvalue weighted by atomic mass is 10.2. The monoisotopic (exact) mass is 265 g/mol. The Kier molecular flexibility index (Phi) is 4.76. The first-order valence-electron chi connectivity index (χ1n) is 6.39. The van der Waals surface area contributed by atoms with Crippen molar-refractivity contribution < 1.29 is 8.85 Å². The summed E-state index contributed by atoms with van der Waals surface area (Å²) in [5.41, 5.74) is 0.851. The molecule has 101 valence electrons. The molecule has 18 heavy (non-hydrogen) atoms. The molecule has 0 atom stereocenters. The predicted octanol–water partition coefficient (Wildman–Crippen LogP) is 3.32. The molecule has 0 N–H and O–H groups in total. The van der Waals surface area contributed by atoms with Crippen LogP contribution in [-0.4, -0.2) is 20.5 Å². The Morgan fingerprint density at radius 2 is 1.28 bits per heavy atom. The van der Waals surface area contributed by atoms with Crippen molar-refractivity contribution in [2.24, 2.45) is 0 Å². The largest absolute Gasteiger partial charge is 0.424 e. The van der Waals surface area contributed by atoms with Gasteiger partial charge >= 0.3 is 9.28 Å². The Morgan fingerprint density at radius 1 is 0.833 bits per heavy atom. The molecule has 0 aromatic heterocycles. The molecule has 0 saturated carbocycles. The fourth-order valence-corrected chi connectivity index (χ4v) is 3.50. The highest BCUT2D eigenvalue weighted by Gasteiger charge is 2.31. The molecule has 1 radical (unpaired) electrons. The highest BCUT2D eigenvalue weighted by molar-refractivity contribution is 6.62. The van der Waals surface area contributed by atoms with E-state index in [0.29, 0.717) is 0 Å². The van der Waals surface area contributed by atoms with E-state index in [9.17, 15) is 0 Å². The average Bonchev–Trinajstić information content (AvgIpc) is 2.12. The number of benzene rings is 1. The van der Waals surface area contributed by atoms with Gasteiger partial charge in [0.2, 0.25) is 0 Å². The summed E-state index contributed by atoms with van der Waals surface area (Å²) >= 11 is 0. The normalized spacial score (nSPS) is 13.1. The Morgan fingerprint density at radius 3 is 1.67 bits per heavy atom. The summed E-state index contributed by atoms with van der Waals surface area (Å²) in [5.74, 6) is 0. The third kappa shape index (κ3) is 5.34. The number of hydrogen-bond acceptors (Lipinski definition) is 2. The van der Waals surface area contributed by atoms with Gasteiger partial charge in [0.1, 0.15) is 0 Å². The van der Waals surface area contributed by atoms with Gasteiger partial charge in [0.25, 0.3) is 0 Å². The molecular formula is C15H25O2Si. The van der Waals surface area contributed by atoms with Crippen LogP contribution in [0.25, 0.3) is 0 Å². The van der Waals surface area contributed by atoms with Gasteiger partial charge in [-0.15, -0.1) is 0 Å². The second-order valence-corrected chi connectivity index (χ2v) is 8.05. The maximum Gasteiger partial charge on any atom is 0.424 e. The van der Waals surface area contributed by atoms with Crippen molar-refractivity contribution in [3.05, 3.63) is 29.8 Å². The Hall–Kier alpha value is -0.643. The first-order chi connectivity index (χ1) is 8.08. The van der Waals surface area contributed by atoms with E-state index in [1.807, 2.05) is 12.1 Å². The topological polar surface area (TPSA) is 18.5 Å². The van der Waals surface area contributed by atoms with E-state index in [1.54, 1.807) is 0 Å². The van der Waals surface area contributed by atoms with Crippen LogP contribution >= 0.6 is 0 Å². The van der Waals surface area contributed by atoms with Gasteiger partial charge in [0.15, 0.2) is 0 Å². The molecule has 1 aromatic carbocycles. The maximum absolute atomic E-state index is 6.16. The molecule has 1 rings (SSSR count). The standard InChI is InChI=1S/C15H25O2Si/c1-12-10-8-9-11-13(12)18(16-14(2,3)4)17-15(5,6)7/h8-11H,1-7H3. The Balaban J connectivity index is 3.01. The minimum absolute atomic E-state index is 0.193. The summed E-state index contributed by atoms with van der Waals surface area (Å²) in [6.45, 7) is 14.5. The molecule has 0 aliphatic carbocycles. The van der Waals surface area contributed by atoms with E-state index < -0.39 is 9.28 Å². The van der Waals surface area contributed by atoms with E-state index in [2.05, 4.69) is 60.6 Å². The van der Waals surface area contributed by atoms with Gasteiger partial charge in [0.05, 0.1) is 11.2 Å². The predicted molar refractivity (Wildman–Crippen MR) is 78.2 cm³/mol. The maximum atomic E-state index is 6.16. The SMILES string of the molecule is Cc1ccccc1[Si](OC(C)(C)C)OC(C)(C)C. The molecule has 3 heteroatoms. The molecule has 1 aromatic rings. The fraction of sp³-hybridized carbons (Fsp3) is 0.600. The zero-order valence-electron chi connectivity index (χ0n) is 12.6. The summed E-state index contributed by atoms with van der Waals surface area (Å²) in [4.78, 5) is 0. The molecule has 0 spiro atoms. The molecule has 0 aliphatic heterocycles. The van der Waals surface area contributed by atoms with Gasteiger partial charge in [-0.1, -0.05) is 24.3 Å². The van der Waals surface area contributed by atoms with Crippen LogP contribution in [0.3, 0.4) is 0 Å². The van der Waals surface area contributed by atoms with Gasteiger partial charge in [-0.2, -0.15) is 0 Å². The summed E-state index contributed by atoms with van der Waals surface area (Å²) in [5, 5.41) is 1.20. The van der Waals surface area contributed by atoms with E-state index in [0.717, 1.165) is 0 Å². The van der Waals surface area contributed by atoms with Crippen molar-refractivity contribution in [3.63, 3.8) is 0 Å². The molecular weight excluding hydrogens is 240 g/mol. The van der Waals surface area contributed by atoms with Gasteiger partial charge in [0, 0.05) is 0 Å². The number of aryl methyl sites for hydroxylation is 1. The minimum Gasteiger partial charge on any atom is -0.385 e. The van der Waals surface area contributed by atoms with Gasteiger partial charge in [-0.25, -0.2) is 0 Å². The van der Waals surface area contributed by atoms with Crippen LogP contribution in [0.5, 0.6) is 0 Å². The summed E-state index contributed by atoms with van der Waals surface area (Å²) < 4.78 is 12.3. The van der Waals surface area contributed by atoms with Crippen molar-refractivity contribution in [2.45, 2.75) is 59.7 Å². The van der Waals surface area contributed by atoms with E-state index in [-0.39, 0.29) is 11.2 Å². The van der Waals surface area contributed by atoms with Crippen LogP contribution in [0, 0.1) is 6.92 Å². The van der Waals surface area contributed by atoms with Crippen LogP contribution in [0.4, 0.5) is 0 Å². The summed E-state index contributed by atoms with van der Waals surface area (Å²) in [7, 11) is -1.47. The quantitative estimate of drug-likeness (QED) is 0.781. The fourth-order valence-electron chi connectivity index (χ4n) is 1.49. The molecule has 0 heterocycles. The first-order valence-corrected chi connectivity index (χ1v) is 7.71. The van der Waals surface area contributed by atoms with Gasteiger partial charge in [-0.05, 0) is 59.2 Å². The first kappa shape index (κ1) is 15.4. The van der Waals surface area contributed by atoms with Crippen molar-refractivity contribution in [1.29, 1.82) is 0 Å². The Bertz CT molecular complexity index is 372. The van der Waals surface area contributed by atoms with Crippen LogP contribution in [0.2, 0.25) is 0 Å². The van der Waals surface area contributed by atoms with Crippen molar-refractivity contribution in [2.75, 3.05) is 0 Å². The smallest absolute Gasteiger partial charge is 0.385 e. The summed E-state index contributed by atoms with van der Waals surface area (Å²) in [6.07, 6.45) is 0. The number of rotatable bonds is 3. The van der Waals surface area contributed by atoms with E-state index >= 15 is 0 Å². The zero-order valence-corrected chi connectivity index (χ0v) is 13.6. The van der Waals surface area contributed by atoms with E-state index in [4.69, 9.17) is 8.85 Å². The van der Waals surface area contributed by atoms with E-state index in [1.165, 1.54) is 10.8 Å². The highest BCUT2D eigenvalue weighted by atomic mass is 28.3. The molecule has 0 amide bonds. The van der Waals surface area contributed by atoms with Crippen LogP contribution in [-0.2, 0) is 8.85 Å². The lowest BCUT2D eigenvalue weighted by Crippen LogP contribution is -2.47. The number of hydrogen-bond donors (Lipinski definition) is 0. The molecule has 2 nitrogen and oxygen atoms in total. The Labute approximate surface area is 113 Å². The lowest BCUT2D eigenvalue weighted by molar-refractivity contribution is 0.0408. The van der Waals surface area contributed by atoms with Crippen LogP contribution in [0.1, 0.15) is 47.1 Å². The lowest BCUT2D eigenvalue weighted by Gasteiger charge is -2.31. The summed E-state index contributed by atoms with van der Waals surface area (Å²) in [6, 6.07) is 8.32. The van der Waals surface area contributed by atoms with Crippen molar-refractivity contribution >= 4 is 14.5 Å². The second kappa shape index (κ2) is 5.55. The van der Waals surface area contributed by atoms with Gasteiger partial charge < -0.3 is 8.85 Å². The van der Waals surface area contributed by atoms with Gasteiger partial charge in [-0.3, -0.25) is 0 Å². The molecule has 0 unspecified atom stereocenters. The van der Waals surface area contributed by atoms with Crippen LogP contribution < -0.4 is 5.19 Å². The van der Waals surface area contributed by atoms with Crippen LogP contribution in [0.15, 0.2) is 24.3 Å². The van der Waals surface area contributed by atoms with Crippen molar-refractivity contribution in [3.8, 4) is 0 Å². The molecule has 0 saturated heterocycles. The molecule has 0 bridgehead atoms. The molecule has 0 aliphatic rings. The minimum atomic E-state index is -1.47. The average molecular weight is 265 g/mol. The molecule has 0 fully saturated rings.